The number of rotatable bonds is 24. The standard InChI is InChI=1S/C42H48N12O10S2/c1-27(57)25-54(26-28(2)58)42-51-38(44-32-11-7-4-8-12-32)48-40(52-42)46-34-18-16-30(36(24-34)66(60,61)62)14-13-29-15-17-33(23-35(29)65-64-63-59)45-39-47-37(43-31-9-5-3-6-10-31)49-41(50-39)53(19-21-55)20-22-56/h3-18,23-24,27-28,55-59H,19-22,25-26H2,1-2H3,(H,60,61,62)(H2,43,45,47,49,50)(H2,44,46,48,51,52)/b14-13+. The van der Waals surface area contributed by atoms with Crippen LogP contribution in [0.15, 0.2) is 107 Å². The molecule has 10 N–H and O–H groups in total. The maximum atomic E-state index is 12.8. The molecular formula is C42H48N12O10S2. The zero-order valence-corrected chi connectivity index (χ0v) is 37.1. The Balaban J connectivity index is 1.30. The molecule has 4 aromatic carbocycles. The second kappa shape index (κ2) is 23.6. The number of aromatic nitrogens is 6. The van der Waals surface area contributed by atoms with Gasteiger partial charge >= 0.3 is 0 Å². The number of nitrogens with one attached hydrogen (secondary N) is 4. The molecule has 0 aliphatic heterocycles. The van der Waals surface area contributed by atoms with Crippen molar-refractivity contribution in [2.24, 2.45) is 0 Å². The lowest BCUT2D eigenvalue weighted by Gasteiger charge is -2.26. The van der Waals surface area contributed by atoms with Crippen LogP contribution in [0.5, 0.6) is 0 Å². The van der Waals surface area contributed by atoms with Gasteiger partial charge in [-0.1, -0.05) is 65.7 Å². The SMILES string of the molecule is CC(O)CN(CC(C)O)c1nc(Nc2ccccc2)nc(Nc2ccc(/C=C/c3ccc(Nc4nc(Nc5ccccc5)nc(N(CCO)CCO)n4)cc3SOOO)c(S(=O)(=O)O)c2)n1. The molecule has 348 valence electrons. The van der Waals surface area contributed by atoms with Gasteiger partial charge in [0, 0.05) is 53.8 Å². The van der Waals surface area contributed by atoms with Crippen molar-refractivity contribution >= 4 is 92.8 Å². The Kier molecular flexibility index (Phi) is 17.4. The molecule has 66 heavy (non-hydrogen) atoms. The molecule has 6 aromatic rings. The van der Waals surface area contributed by atoms with Crippen LogP contribution in [0, 0.1) is 0 Å². The summed E-state index contributed by atoms with van der Waals surface area (Å²) in [5.41, 5.74) is 2.53. The van der Waals surface area contributed by atoms with Crippen molar-refractivity contribution in [2.45, 2.75) is 35.8 Å². The molecule has 2 heterocycles. The minimum Gasteiger partial charge on any atom is -0.395 e. The van der Waals surface area contributed by atoms with E-state index in [0.717, 1.165) is 0 Å². The Morgan fingerprint density at radius 3 is 1.52 bits per heavy atom. The van der Waals surface area contributed by atoms with E-state index in [2.05, 4.69) is 56.2 Å². The molecule has 24 heteroatoms. The maximum Gasteiger partial charge on any atom is 0.295 e. The van der Waals surface area contributed by atoms with Crippen molar-refractivity contribution in [3.05, 3.63) is 108 Å². The van der Waals surface area contributed by atoms with E-state index in [1.807, 2.05) is 48.5 Å². The van der Waals surface area contributed by atoms with Gasteiger partial charge in [0.25, 0.3) is 10.1 Å². The number of anilines is 10. The van der Waals surface area contributed by atoms with E-state index in [1.54, 1.807) is 66.1 Å². The number of nitrogens with zero attached hydrogens (tertiary/aromatic N) is 8. The van der Waals surface area contributed by atoms with E-state index >= 15 is 0 Å². The van der Waals surface area contributed by atoms with Gasteiger partial charge in [0.05, 0.1) is 37.5 Å². The van der Waals surface area contributed by atoms with Crippen LogP contribution in [0.1, 0.15) is 25.0 Å². The average molecular weight is 945 g/mol. The van der Waals surface area contributed by atoms with E-state index in [-0.39, 0.29) is 86.3 Å². The normalized spacial score (nSPS) is 12.4. The largest absolute Gasteiger partial charge is 0.395 e. The average Bonchev–Trinajstić information content (AvgIpc) is 3.28. The van der Waals surface area contributed by atoms with E-state index in [9.17, 15) is 33.4 Å². The summed E-state index contributed by atoms with van der Waals surface area (Å²) in [6, 6.07) is 27.4. The lowest BCUT2D eigenvalue weighted by Crippen LogP contribution is -2.37. The Labute approximate surface area is 383 Å². The lowest BCUT2D eigenvalue weighted by atomic mass is 10.1. The Morgan fingerprint density at radius 1 is 0.621 bits per heavy atom. The molecule has 2 aromatic heterocycles. The fourth-order valence-electron chi connectivity index (χ4n) is 6.25. The van der Waals surface area contributed by atoms with E-state index in [4.69, 9.17) is 9.59 Å². The van der Waals surface area contributed by atoms with Gasteiger partial charge in [0.15, 0.2) is 0 Å². The molecule has 6 rings (SSSR count). The van der Waals surface area contributed by atoms with Gasteiger partial charge in [-0.25, -0.2) is 5.26 Å². The third kappa shape index (κ3) is 14.5. The first-order valence-electron chi connectivity index (χ1n) is 20.2. The first-order valence-corrected chi connectivity index (χ1v) is 22.3. The Bertz CT molecular complexity index is 2640. The second-order valence-corrected chi connectivity index (χ2v) is 16.5. The lowest BCUT2D eigenvalue weighted by molar-refractivity contribution is -0.432. The van der Waals surface area contributed by atoms with Crippen LogP contribution in [-0.4, -0.2) is 120 Å². The van der Waals surface area contributed by atoms with Crippen molar-refractivity contribution in [3.8, 4) is 0 Å². The summed E-state index contributed by atoms with van der Waals surface area (Å²) in [7, 11) is -4.83. The predicted molar refractivity (Wildman–Crippen MR) is 250 cm³/mol. The first-order chi connectivity index (χ1) is 31.8. The highest BCUT2D eigenvalue weighted by Crippen LogP contribution is 2.32. The van der Waals surface area contributed by atoms with Gasteiger partial charge in [-0.05, 0) is 73.5 Å². The zero-order valence-electron chi connectivity index (χ0n) is 35.5. The molecule has 2 unspecified atom stereocenters. The zero-order chi connectivity index (χ0) is 47.1. The highest BCUT2D eigenvalue weighted by atomic mass is 32.2. The van der Waals surface area contributed by atoms with Crippen LogP contribution in [0.25, 0.3) is 12.2 Å². The number of aliphatic hydroxyl groups is 4. The molecule has 0 aliphatic carbocycles. The monoisotopic (exact) mass is 944 g/mol. The summed E-state index contributed by atoms with van der Waals surface area (Å²) in [5, 5.41) is 65.0. The minimum atomic E-state index is -4.83. The van der Waals surface area contributed by atoms with Crippen molar-refractivity contribution in [1.82, 2.24) is 29.9 Å². The highest BCUT2D eigenvalue weighted by molar-refractivity contribution is 7.94. The smallest absolute Gasteiger partial charge is 0.295 e. The van der Waals surface area contributed by atoms with E-state index in [1.165, 1.54) is 18.2 Å². The summed E-state index contributed by atoms with van der Waals surface area (Å²) in [6.07, 6.45) is 1.39. The Morgan fingerprint density at radius 2 is 1.06 bits per heavy atom. The van der Waals surface area contributed by atoms with Crippen LogP contribution in [-0.2, 0) is 19.5 Å². The molecule has 0 aliphatic rings. The third-order valence-corrected chi connectivity index (χ3v) is 10.6. The van der Waals surface area contributed by atoms with Gasteiger partial charge in [-0.2, -0.15) is 38.3 Å². The number of hydrogen-bond donors (Lipinski definition) is 10. The number of aliphatic hydroxyl groups excluding tert-OH is 4. The van der Waals surface area contributed by atoms with Crippen molar-refractivity contribution < 1.29 is 48.0 Å². The summed E-state index contributed by atoms with van der Waals surface area (Å²) in [4.78, 5) is 30.1. The van der Waals surface area contributed by atoms with Gasteiger partial charge in [-0.15, -0.1) is 4.33 Å². The van der Waals surface area contributed by atoms with Gasteiger partial charge in [0.2, 0.25) is 35.7 Å². The van der Waals surface area contributed by atoms with Crippen molar-refractivity contribution in [1.29, 1.82) is 0 Å². The molecule has 0 saturated heterocycles. The number of para-hydroxylation sites is 2. The molecule has 0 bridgehead atoms. The van der Waals surface area contributed by atoms with Crippen LogP contribution < -0.4 is 31.1 Å². The molecule has 0 spiro atoms. The van der Waals surface area contributed by atoms with Crippen molar-refractivity contribution in [2.75, 3.05) is 70.5 Å². The van der Waals surface area contributed by atoms with E-state index < -0.39 is 27.2 Å². The van der Waals surface area contributed by atoms with Gasteiger partial charge < -0.3 is 51.5 Å². The molecule has 22 nitrogen and oxygen atoms in total. The fraction of sp³-hybridized carbons (Fsp3) is 0.238. The van der Waals surface area contributed by atoms with Gasteiger partial charge in [-0.3, -0.25) is 4.55 Å². The summed E-state index contributed by atoms with van der Waals surface area (Å²) < 4.78 is 40.8. The first kappa shape index (κ1) is 48.9. The minimum absolute atomic E-state index is 0.0182. The predicted octanol–water partition coefficient (Wildman–Crippen LogP) is 5.24. The van der Waals surface area contributed by atoms with Crippen LogP contribution in [0.2, 0.25) is 0 Å². The highest BCUT2D eigenvalue weighted by Gasteiger charge is 2.21. The summed E-state index contributed by atoms with van der Waals surface area (Å²) in [5.74, 6) is 0.644. The van der Waals surface area contributed by atoms with Crippen LogP contribution >= 0.6 is 12.0 Å². The topological polar surface area (TPSA) is 306 Å². The molecule has 2 atom stereocenters. The summed E-state index contributed by atoms with van der Waals surface area (Å²) >= 11 is 0.631. The van der Waals surface area contributed by atoms with Gasteiger partial charge in [0.1, 0.15) is 4.90 Å². The maximum absolute atomic E-state index is 12.8. The second-order valence-electron chi connectivity index (χ2n) is 14.4. The molecular weight excluding hydrogens is 897 g/mol. The molecule has 0 saturated carbocycles. The Hall–Kier alpha value is -6.58. The molecule has 0 radical (unpaired) electrons. The molecule has 0 amide bonds. The molecule has 0 fully saturated rings. The van der Waals surface area contributed by atoms with Crippen LogP contribution in [0.3, 0.4) is 0 Å². The third-order valence-electron chi connectivity index (χ3n) is 9.00. The van der Waals surface area contributed by atoms with E-state index in [0.29, 0.717) is 39.6 Å². The van der Waals surface area contributed by atoms with Crippen LogP contribution in [0.4, 0.5) is 58.4 Å². The fourth-order valence-corrected chi connectivity index (χ4v) is 7.47. The summed E-state index contributed by atoms with van der Waals surface area (Å²) in [6.45, 7) is 3.15. The number of benzene rings is 4. The quantitative estimate of drug-likeness (QED) is 0.0122. The number of hydrogen-bond acceptors (Lipinski definition) is 22. The van der Waals surface area contributed by atoms with Crippen molar-refractivity contribution in [3.63, 3.8) is 0 Å².